The van der Waals surface area contributed by atoms with E-state index in [1.807, 2.05) is 0 Å². The van der Waals surface area contributed by atoms with Gasteiger partial charge in [-0.25, -0.2) is 0 Å². The molecule has 17 heavy (non-hydrogen) atoms. The van der Waals surface area contributed by atoms with E-state index >= 15 is 0 Å². The minimum absolute atomic E-state index is 0.486. The standard InChI is InChI=1S/C15H24IN/c1-5-17-15(12(4)10-11(2)3)13-6-8-14(16)9-7-13/h6-9,11-12,15,17H,5,10H2,1-4H3. The van der Waals surface area contributed by atoms with Crippen LogP contribution in [0.3, 0.4) is 0 Å². The molecule has 0 saturated heterocycles. The van der Waals surface area contributed by atoms with Crippen LogP contribution >= 0.6 is 22.6 Å². The van der Waals surface area contributed by atoms with Crippen LogP contribution in [0.1, 0.15) is 45.7 Å². The Bertz CT molecular complexity index is 318. The van der Waals surface area contributed by atoms with Gasteiger partial charge in [0.1, 0.15) is 0 Å². The summed E-state index contributed by atoms with van der Waals surface area (Å²) in [6.45, 7) is 10.2. The lowest BCUT2D eigenvalue weighted by molar-refractivity contribution is 0.333. The van der Waals surface area contributed by atoms with Crippen LogP contribution in [0, 0.1) is 15.4 Å². The molecule has 0 aliphatic rings. The minimum Gasteiger partial charge on any atom is -0.310 e. The Morgan fingerprint density at radius 3 is 2.18 bits per heavy atom. The monoisotopic (exact) mass is 345 g/mol. The molecule has 1 rings (SSSR count). The third-order valence-electron chi connectivity index (χ3n) is 3.07. The number of nitrogens with one attached hydrogen (secondary N) is 1. The summed E-state index contributed by atoms with van der Waals surface area (Å²) in [6, 6.07) is 9.39. The van der Waals surface area contributed by atoms with Crippen LogP contribution in [-0.2, 0) is 0 Å². The Labute approximate surface area is 120 Å². The SMILES string of the molecule is CCNC(c1ccc(I)cc1)C(C)CC(C)C. The van der Waals surface area contributed by atoms with Crippen molar-refractivity contribution in [3.63, 3.8) is 0 Å². The molecule has 0 saturated carbocycles. The molecule has 2 unspecified atom stereocenters. The van der Waals surface area contributed by atoms with Crippen molar-refractivity contribution in [1.29, 1.82) is 0 Å². The van der Waals surface area contributed by atoms with Crippen molar-refractivity contribution in [3.05, 3.63) is 33.4 Å². The second kappa shape index (κ2) is 7.37. The van der Waals surface area contributed by atoms with Crippen LogP contribution in [0.4, 0.5) is 0 Å². The van der Waals surface area contributed by atoms with Crippen LogP contribution in [0.2, 0.25) is 0 Å². The summed E-state index contributed by atoms with van der Waals surface area (Å²) < 4.78 is 1.30. The van der Waals surface area contributed by atoms with Crippen molar-refractivity contribution in [2.45, 2.75) is 40.2 Å². The van der Waals surface area contributed by atoms with Crippen molar-refractivity contribution in [1.82, 2.24) is 5.32 Å². The second-order valence-electron chi connectivity index (χ2n) is 5.19. The van der Waals surface area contributed by atoms with Crippen LogP contribution in [-0.4, -0.2) is 6.54 Å². The third kappa shape index (κ3) is 4.96. The quantitative estimate of drug-likeness (QED) is 0.742. The number of hydrogen-bond donors (Lipinski definition) is 1. The van der Waals surface area contributed by atoms with E-state index in [-0.39, 0.29) is 0 Å². The molecular formula is C15H24IN. The van der Waals surface area contributed by atoms with E-state index in [2.05, 4.69) is 79.9 Å². The van der Waals surface area contributed by atoms with Gasteiger partial charge in [0.05, 0.1) is 0 Å². The summed E-state index contributed by atoms with van der Waals surface area (Å²) in [6.07, 6.45) is 1.27. The summed E-state index contributed by atoms with van der Waals surface area (Å²) >= 11 is 2.36. The molecule has 0 fully saturated rings. The maximum atomic E-state index is 3.62. The smallest absolute Gasteiger partial charge is 0.0346 e. The summed E-state index contributed by atoms with van der Waals surface area (Å²) in [5.41, 5.74) is 1.42. The van der Waals surface area contributed by atoms with E-state index in [1.54, 1.807) is 0 Å². The van der Waals surface area contributed by atoms with E-state index in [0.29, 0.717) is 12.0 Å². The van der Waals surface area contributed by atoms with Crippen LogP contribution in [0.25, 0.3) is 0 Å². The van der Waals surface area contributed by atoms with Crippen LogP contribution in [0.5, 0.6) is 0 Å². The van der Waals surface area contributed by atoms with E-state index in [4.69, 9.17) is 0 Å². The molecular weight excluding hydrogens is 321 g/mol. The van der Waals surface area contributed by atoms with Crippen molar-refractivity contribution in [2.24, 2.45) is 11.8 Å². The van der Waals surface area contributed by atoms with Gasteiger partial charge >= 0.3 is 0 Å². The van der Waals surface area contributed by atoms with Gasteiger partial charge in [0, 0.05) is 9.61 Å². The third-order valence-corrected chi connectivity index (χ3v) is 3.78. The molecule has 1 aromatic carbocycles. The van der Waals surface area contributed by atoms with E-state index in [1.165, 1.54) is 15.6 Å². The normalized spacial score (nSPS) is 14.9. The number of rotatable bonds is 6. The Kier molecular flexibility index (Phi) is 6.49. The van der Waals surface area contributed by atoms with Gasteiger partial charge in [-0.3, -0.25) is 0 Å². The highest BCUT2D eigenvalue weighted by Crippen LogP contribution is 2.27. The van der Waals surface area contributed by atoms with Gasteiger partial charge in [0.2, 0.25) is 0 Å². The predicted octanol–water partition coefficient (Wildman–Crippen LogP) is 4.62. The van der Waals surface area contributed by atoms with Gasteiger partial charge in [-0.1, -0.05) is 39.8 Å². The molecule has 1 N–H and O–H groups in total. The van der Waals surface area contributed by atoms with Gasteiger partial charge in [0.15, 0.2) is 0 Å². The number of hydrogen-bond acceptors (Lipinski definition) is 1. The average Bonchev–Trinajstić information content (AvgIpc) is 2.26. The molecule has 96 valence electrons. The zero-order valence-corrected chi connectivity index (χ0v) is 13.5. The molecule has 0 bridgehead atoms. The summed E-state index contributed by atoms with van der Waals surface area (Å²) in [4.78, 5) is 0. The van der Waals surface area contributed by atoms with Gasteiger partial charge in [-0.15, -0.1) is 0 Å². The van der Waals surface area contributed by atoms with Gasteiger partial charge < -0.3 is 5.32 Å². The highest BCUT2D eigenvalue weighted by atomic mass is 127. The lowest BCUT2D eigenvalue weighted by Crippen LogP contribution is -2.27. The summed E-state index contributed by atoms with van der Waals surface area (Å²) in [7, 11) is 0. The highest BCUT2D eigenvalue weighted by Gasteiger charge is 2.18. The van der Waals surface area contributed by atoms with Crippen LogP contribution < -0.4 is 5.32 Å². The molecule has 0 aliphatic carbocycles. The fourth-order valence-electron chi connectivity index (χ4n) is 2.42. The topological polar surface area (TPSA) is 12.0 Å². The van der Waals surface area contributed by atoms with E-state index < -0.39 is 0 Å². The first kappa shape index (κ1) is 15.0. The zero-order chi connectivity index (χ0) is 12.8. The van der Waals surface area contributed by atoms with Crippen molar-refractivity contribution >= 4 is 22.6 Å². The molecule has 1 aromatic rings. The van der Waals surface area contributed by atoms with Gasteiger partial charge in [-0.05, 0) is 65.1 Å². The second-order valence-corrected chi connectivity index (χ2v) is 6.44. The fourth-order valence-corrected chi connectivity index (χ4v) is 2.78. The van der Waals surface area contributed by atoms with E-state index in [0.717, 1.165) is 12.5 Å². The lowest BCUT2D eigenvalue weighted by Gasteiger charge is -2.26. The van der Waals surface area contributed by atoms with Crippen molar-refractivity contribution in [3.8, 4) is 0 Å². The Morgan fingerprint density at radius 1 is 1.12 bits per heavy atom. The minimum atomic E-state index is 0.486. The Morgan fingerprint density at radius 2 is 1.71 bits per heavy atom. The zero-order valence-electron chi connectivity index (χ0n) is 11.3. The molecule has 1 nitrogen and oxygen atoms in total. The first-order valence-corrected chi connectivity index (χ1v) is 7.61. The van der Waals surface area contributed by atoms with E-state index in [9.17, 15) is 0 Å². The Hall–Kier alpha value is -0.0900. The maximum Gasteiger partial charge on any atom is 0.0346 e. The molecule has 2 heteroatoms. The molecule has 0 amide bonds. The molecule has 2 atom stereocenters. The van der Waals surface area contributed by atoms with Crippen molar-refractivity contribution < 1.29 is 0 Å². The molecule has 0 spiro atoms. The molecule has 0 heterocycles. The summed E-state index contributed by atoms with van der Waals surface area (Å²) in [5.74, 6) is 1.44. The average molecular weight is 345 g/mol. The van der Waals surface area contributed by atoms with Crippen molar-refractivity contribution in [2.75, 3.05) is 6.54 Å². The first-order chi connectivity index (χ1) is 8.04. The fraction of sp³-hybridized carbons (Fsp3) is 0.600. The lowest BCUT2D eigenvalue weighted by atomic mass is 9.88. The Balaban J connectivity index is 2.80. The first-order valence-electron chi connectivity index (χ1n) is 6.53. The molecule has 0 radical (unpaired) electrons. The maximum absolute atomic E-state index is 3.62. The van der Waals surface area contributed by atoms with Gasteiger partial charge in [0.25, 0.3) is 0 Å². The summed E-state index contributed by atoms with van der Waals surface area (Å²) in [5, 5.41) is 3.62. The van der Waals surface area contributed by atoms with Gasteiger partial charge in [-0.2, -0.15) is 0 Å². The van der Waals surface area contributed by atoms with Crippen LogP contribution in [0.15, 0.2) is 24.3 Å². The molecule has 0 aromatic heterocycles. The largest absolute Gasteiger partial charge is 0.310 e. The molecule has 0 aliphatic heterocycles. The predicted molar refractivity (Wildman–Crippen MR) is 84.2 cm³/mol. The number of benzene rings is 1. The highest BCUT2D eigenvalue weighted by molar-refractivity contribution is 14.1. The number of halogens is 1.